The van der Waals surface area contributed by atoms with Gasteiger partial charge in [0.2, 0.25) is 0 Å². The number of hydrogen-bond acceptors (Lipinski definition) is 5. The Kier molecular flexibility index (Phi) is 4.79. The van der Waals surface area contributed by atoms with Gasteiger partial charge in [0, 0.05) is 29.1 Å². The first-order valence-electron chi connectivity index (χ1n) is 7.95. The number of aromatic hydroxyl groups is 2. The molecule has 4 N–H and O–H groups in total. The summed E-state index contributed by atoms with van der Waals surface area (Å²) in [6.45, 7) is 0. The summed E-state index contributed by atoms with van der Waals surface area (Å²) in [6.07, 6.45) is 2.03. The zero-order valence-electron chi connectivity index (χ0n) is 14.0. The van der Waals surface area contributed by atoms with Crippen LogP contribution in [0.4, 0.5) is 0 Å². The molecule has 0 saturated carbocycles. The van der Waals surface area contributed by atoms with Crippen molar-refractivity contribution in [2.24, 2.45) is 0 Å². The van der Waals surface area contributed by atoms with E-state index in [4.69, 9.17) is 4.74 Å². The first-order chi connectivity index (χ1) is 12.5. The van der Waals surface area contributed by atoms with E-state index in [0.717, 1.165) is 22.5 Å². The van der Waals surface area contributed by atoms with Gasteiger partial charge in [-0.1, -0.05) is 18.2 Å². The lowest BCUT2D eigenvalue weighted by atomic mass is 10.0. The van der Waals surface area contributed by atoms with Crippen molar-refractivity contribution in [1.82, 2.24) is 10.3 Å². The number of H-pyrrole nitrogens is 1. The third-order valence-corrected chi connectivity index (χ3v) is 4.13. The van der Waals surface area contributed by atoms with Gasteiger partial charge in [-0.2, -0.15) is 0 Å². The zero-order valence-corrected chi connectivity index (χ0v) is 14.0. The number of hydrogen-bond donors (Lipinski definition) is 4. The maximum atomic E-state index is 12.4. The minimum Gasteiger partial charge on any atom is -0.504 e. The van der Waals surface area contributed by atoms with Gasteiger partial charge in [-0.05, 0) is 29.8 Å². The lowest BCUT2D eigenvalue weighted by molar-refractivity contribution is -0.142. The van der Waals surface area contributed by atoms with Crippen LogP contribution in [-0.4, -0.2) is 40.2 Å². The maximum absolute atomic E-state index is 12.4. The zero-order chi connectivity index (χ0) is 18.7. The van der Waals surface area contributed by atoms with Crippen LogP contribution in [0.5, 0.6) is 11.5 Å². The van der Waals surface area contributed by atoms with Crippen molar-refractivity contribution in [3.63, 3.8) is 0 Å². The molecular formula is C19H18N2O5. The summed E-state index contributed by atoms with van der Waals surface area (Å²) in [6, 6.07) is 10.4. The van der Waals surface area contributed by atoms with E-state index in [1.807, 2.05) is 24.3 Å². The predicted octanol–water partition coefficient (Wildman–Crippen LogP) is 2.09. The van der Waals surface area contributed by atoms with E-state index in [1.54, 1.807) is 6.20 Å². The number of ether oxygens (including phenoxy) is 1. The van der Waals surface area contributed by atoms with Crippen LogP contribution in [0.2, 0.25) is 0 Å². The minimum absolute atomic E-state index is 0.119. The van der Waals surface area contributed by atoms with E-state index in [2.05, 4.69) is 10.3 Å². The first-order valence-corrected chi connectivity index (χ1v) is 7.95. The quantitative estimate of drug-likeness (QED) is 0.414. The third-order valence-electron chi connectivity index (χ3n) is 4.13. The molecule has 0 radical (unpaired) electrons. The Balaban J connectivity index is 1.83. The van der Waals surface area contributed by atoms with Gasteiger partial charge < -0.3 is 25.3 Å². The highest BCUT2D eigenvalue weighted by molar-refractivity contribution is 5.97. The SMILES string of the molecule is COC(=O)[C@@H](Cc1c[nH]c2ccccc12)NC(=O)c1ccc(O)c(O)c1. The van der Waals surface area contributed by atoms with Gasteiger partial charge in [0.05, 0.1) is 7.11 Å². The predicted molar refractivity (Wildman–Crippen MR) is 95.0 cm³/mol. The number of carbonyl (C=O) groups is 2. The van der Waals surface area contributed by atoms with Crippen LogP contribution in [-0.2, 0) is 16.0 Å². The molecule has 3 rings (SSSR count). The van der Waals surface area contributed by atoms with E-state index in [0.29, 0.717) is 0 Å². The lowest BCUT2D eigenvalue weighted by Crippen LogP contribution is -2.43. The van der Waals surface area contributed by atoms with Crippen LogP contribution in [0, 0.1) is 0 Å². The number of phenols is 2. The second-order valence-corrected chi connectivity index (χ2v) is 5.82. The van der Waals surface area contributed by atoms with Crippen LogP contribution in [0.15, 0.2) is 48.7 Å². The summed E-state index contributed by atoms with van der Waals surface area (Å²) >= 11 is 0. The van der Waals surface area contributed by atoms with Crippen molar-refractivity contribution in [3.05, 3.63) is 59.8 Å². The molecular weight excluding hydrogens is 336 g/mol. The van der Waals surface area contributed by atoms with Crippen molar-refractivity contribution >= 4 is 22.8 Å². The van der Waals surface area contributed by atoms with Gasteiger partial charge in [-0.15, -0.1) is 0 Å². The molecule has 7 nitrogen and oxygen atoms in total. The number of amides is 1. The maximum Gasteiger partial charge on any atom is 0.328 e. The Hall–Kier alpha value is -3.48. The number of nitrogens with one attached hydrogen (secondary N) is 2. The number of benzene rings is 2. The molecule has 0 saturated heterocycles. The van der Waals surface area contributed by atoms with Gasteiger partial charge in [-0.3, -0.25) is 4.79 Å². The van der Waals surface area contributed by atoms with Crippen LogP contribution < -0.4 is 5.32 Å². The topological polar surface area (TPSA) is 112 Å². The van der Waals surface area contributed by atoms with Gasteiger partial charge in [0.1, 0.15) is 6.04 Å². The summed E-state index contributed by atoms with van der Waals surface area (Å²) in [5, 5.41) is 22.5. The summed E-state index contributed by atoms with van der Waals surface area (Å²) in [4.78, 5) is 27.7. The van der Waals surface area contributed by atoms with E-state index in [1.165, 1.54) is 19.2 Å². The molecule has 0 aliphatic rings. The molecule has 1 aromatic heterocycles. The molecule has 134 valence electrons. The average Bonchev–Trinajstić information content (AvgIpc) is 3.05. The second kappa shape index (κ2) is 7.18. The molecule has 2 aromatic carbocycles. The Labute approximate surface area is 149 Å². The summed E-state index contributed by atoms with van der Waals surface area (Å²) in [5.74, 6) is -1.88. The Morgan fingerprint density at radius 1 is 1.15 bits per heavy atom. The Morgan fingerprint density at radius 3 is 2.65 bits per heavy atom. The molecule has 3 aromatic rings. The standard InChI is InChI=1S/C19H18N2O5/c1-26-19(25)15(8-12-10-20-14-5-3-2-4-13(12)14)21-18(24)11-6-7-16(22)17(23)9-11/h2-7,9-10,15,20,22-23H,8H2,1H3,(H,21,24)/t15-/m1/s1. The average molecular weight is 354 g/mol. The number of fused-ring (bicyclic) bond motifs is 1. The molecule has 0 aliphatic carbocycles. The third kappa shape index (κ3) is 3.46. The summed E-state index contributed by atoms with van der Waals surface area (Å²) < 4.78 is 4.80. The van der Waals surface area contributed by atoms with Crippen molar-refractivity contribution in [3.8, 4) is 11.5 Å². The van der Waals surface area contributed by atoms with E-state index in [9.17, 15) is 19.8 Å². The molecule has 0 fully saturated rings. The van der Waals surface area contributed by atoms with Crippen molar-refractivity contribution in [1.29, 1.82) is 0 Å². The van der Waals surface area contributed by atoms with Crippen LogP contribution in [0.3, 0.4) is 0 Å². The molecule has 0 bridgehead atoms. The van der Waals surface area contributed by atoms with E-state index >= 15 is 0 Å². The smallest absolute Gasteiger partial charge is 0.328 e. The largest absolute Gasteiger partial charge is 0.504 e. The lowest BCUT2D eigenvalue weighted by Gasteiger charge is -2.16. The molecule has 7 heteroatoms. The first kappa shape index (κ1) is 17.3. The fraction of sp³-hybridized carbons (Fsp3) is 0.158. The highest BCUT2D eigenvalue weighted by Crippen LogP contribution is 2.25. The van der Waals surface area contributed by atoms with Crippen LogP contribution >= 0.6 is 0 Å². The summed E-state index contributed by atoms with van der Waals surface area (Å²) in [5.41, 5.74) is 1.92. The van der Waals surface area contributed by atoms with E-state index in [-0.39, 0.29) is 17.7 Å². The van der Waals surface area contributed by atoms with Crippen LogP contribution in [0.1, 0.15) is 15.9 Å². The van der Waals surface area contributed by atoms with Crippen LogP contribution in [0.25, 0.3) is 10.9 Å². The van der Waals surface area contributed by atoms with Gasteiger partial charge >= 0.3 is 5.97 Å². The fourth-order valence-electron chi connectivity index (χ4n) is 2.76. The Bertz CT molecular complexity index is 963. The number of aromatic amines is 1. The normalized spacial score (nSPS) is 11.9. The molecule has 0 unspecified atom stereocenters. The number of para-hydroxylation sites is 1. The monoisotopic (exact) mass is 354 g/mol. The van der Waals surface area contributed by atoms with Gasteiger partial charge in [-0.25, -0.2) is 4.79 Å². The number of esters is 1. The molecule has 1 heterocycles. The second-order valence-electron chi connectivity index (χ2n) is 5.82. The Morgan fingerprint density at radius 2 is 1.92 bits per heavy atom. The highest BCUT2D eigenvalue weighted by atomic mass is 16.5. The molecule has 1 amide bonds. The van der Waals surface area contributed by atoms with Crippen molar-refractivity contribution < 1.29 is 24.5 Å². The number of aromatic nitrogens is 1. The number of carbonyl (C=O) groups excluding carboxylic acids is 2. The molecule has 1 atom stereocenters. The minimum atomic E-state index is -0.900. The van der Waals surface area contributed by atoms with Gasteiger partial charge in [0.25, 0.3) is 5.91 Å². The fourth-order valence-corrected chi connectivity index (χ4v) is 2.76. The van der Waals surface area contributed by atoms with Crippen molar-refractivity contribution in [2.75, 3.05) is 7.11 Å². The van der Waals surface area contributed by atoms with Crippen molar-refractivity contribution in [2.45, 2.75) is 12.5 Å². The molecule has 0 spiro atoms. The number of phenolic OH excluding ortho intramolecular Hbond substituents is 2. The molecule has 26 heavy (non-hydrogen) atoms. The number of rotatable bonds is 5. The van der Waals surface area contributed by atoms with E-state index < -0.39 is 23.7 Å². The summed E-state index contributed by atoms with van der Waals surface area (Å²) in [7, 11) is 1.25. The van der Waals surface area contributed by atoms with Gasteiger partial charge in [0.15, 0.2) is 11.5 Å². The number of methoxy groups -OCH3 is 1. The molecule has 0 aliphatic heterocycles. The highest BCUT2D eigenvalue weighted by Gasteiger charge is 2.24.